The van der Waals surface area contributed by atoms with E-state index in [0.717, 1.165) is 12.2 Å². The first-order chi connectivity index (χ1) is 14.5. The molecule has 0 saturated carbocycles. The molecule has 30 heavy (non-hydrogen) atoms. The second kappa shape index (κ2) is 10.0. The molecule has 3 aromatic rings. The Labute approximate surface area is 181 Å². The summed E-state index contributed by atoms with van der Waals surface area (Å²) in [7, 11) is 1.51. The summed E-state index contributed by atoms with van der Waals surface area (Å²) in [5, 5.41) is 3.18. The van der Waals surface area contributed by atoms with Crippen LogP contribution in [-0.4, -0.2) is 19.6 Å². The third-order valence-corrected chi connectivity index (χ3v) is 4.59. The van der Waals surface area contributed by atoms with Gasteiger partial charge in [-0.3, -0.25) is 4.79 Å². The zero-order chi connectivity index (χ0) is 21.5. The number of carbonyl (C=O) groups is 1. The van der Waals surface area contributed by atoms with Crippen LogP contribution in [-0.2, 0) is 0 Å². The summed E-state index contributed by atoms with van der Waals surface area (Å²) in [4.78, 5) is 12.7. The van der Waals surface area contributed by atoms with Crippen molar-refractivity contribution in [2.75, 3.05) is 19.0 Å². The third-order valence-electron chi connectivity index (χ3n) is 4.31. The number of aryl methyl sites for hydroxylation is 1. The second-order valence-electron chi connectivity index (χ2n) is 6.73. The van der Waals surface area contributed by atoms with Crippen LogP contribution in [0.3, 0.4) is 0 Å². The second-order valence-corrected chi connectivity index (χ2v) is 7.14. The van der Waals surface area contributed by atoms with Crippen LogP contribution in [0.15, 0.2) is 60.7 Å². The molecule has 0 radical (unpaired) electrons. The first-order valence-electron chi connectivity index (χ1n) is 9.66. The fourth-order valence-corrected chi connectivity index (χ4v) is 3.01. The van der Waals surface area contributed by atoms with Gasteiger partial charge in [-0.05, 0) is 61.9 Å². The van der Waals surface area contributed by atoms with E-state index in [1.165, 1.54) is 12.7 Å². The van der Waals surface area contributed by atoms with Crippen molar-refractivity contribution in [3.8, 4) is 23.0 Å². The molecule has 3 rings (SSSR count). The minimum absolute atomic E-state index is 0.301. The summed E-state index contributed by atoms with van der Waals surface area (Å²) in [5.74, 6) is 1.99. The number of hydrogen-bond donors (Lipinski definition) is 1. The van der Waals surface area contributed by atoms with Gasteiger partial charge in [-0.25, -0.2) is 0 Å². The van der Waals surface area contributed by atoms with Gasteiger partial charge in [0.05, 0.1) is 18.7 Å². The average molecular weight is 426 g/mol. The monoisotopic (exact) mass is 425 g/mol. The van der Waals surface area contributed by atoms with Crippen LogP contribution >= 0.6 is 11.6 Å². The quantitative estimate of drug-likeness (QED) is 0.448. The summed E-state index contributed by atoms with van der Waals surface area (Å²) in [6.07, 6.45) is 0.839. The molecule has 1 N–H and O–H groups in total. The number of ether oxygens (including phenoxy) is 3. The van der Waals surface area contributed by atoms with E-state index >= 15 is 0 Å². The number of rotatable bonds is 8. The van der Waals surface area contributed by atoms with Crippen LogP contribution in [0.25, 0.3) is 0 Å². The van der Waals surface area contributed by atoms with Crippen molar-refractivity contribution >= 4 is 23.2 Å². The number of benzene rings is 3. The molecule has 0 atom stereocenters. The van der Waals surface area contributed by atoms with E-state index in [4.69, 9.17) is 25.8 Å². The summed E-state index contributed by atoms with van der Waals surface area (Å²) in [6.45, 7) is 4.54. The van der Waals surface area contributed by atoms with Gasteiger partial charge < -0.3 is 19.5 Å². The molecule has 0 fully saturated rings. The Kier molecular flexibility index (Phi) is 7.20. The molecular formula is C24H24ClNO4. The van der Waals surface area contributed by atoms with Gasteiger partial charge in [0.1, 0.15) is 11.5 Å². The SMILES string of the molecule is CCCOc1c(Cl)cc(C(=O)Nc2ccc(Oc3ccc(C)cc3)cc2)cc1OC. The molecule has 0 heterocycles. The molecule has 0 aromatic heterocycles. The van der Waals surface area contributed by atoms with Gasteiger partial charge in [0.15, 0.2) is 11.5 Å². The highest BCUT2D eigenvalue weighted by atomic mass is 35.5. The van der Waals surface area contributed by atoms with Crippen LogP contribution in [0, 0.1) is 6.92 Å². The minimum Gasteiger partial charge on any atom is -0.493 e. The summed E-state index contributed by atoms with van der Waals surface area (Å²) >= 11 is 6.30. The first kappa shape index (κ1) is 21.5. The molecule has 1 amide bonds. The van der Waals surface area contributed by atoms with Crippen LogP contribution in [0.5, 0.6) is 23.0 Å². The minimum atomic E-state index is -0.301. The van der Waals surface area contributed by atoms with Crippen molar-refractivity contribution in [3.63, 3.8) is 0 Å². The Bertz CT molecular complexity index is 1000. The molecule has 0 unspecified atom stereocenters. The van der Waals surface area contributed by atoms with Crippen LogP contribution in [0.2, 0.25) is 5.02 Å². The van der Waals surface area contributed by atoms with E-state index in [1.807, 2.05) is 38.1 Å². The van der Waals surface area contributed by atoms with Crippen molar-refractivity contribution in [2.45, 2.75) is 20.3 Å². The molecule has 0 aliphatic rings. The molecule has 6 heteroatoms. The number of hydrogen-bond acceptors (Lipinski definition) is 4. The lowest BCUT2D eigenvalue weighted by molar-refractivity contribution is 0.102. The number of carbonyl (C=O) groups excluding carboxylic acids is 1. The van der Waals surface area contributed by atoms with Gasteiger partial charge in [0, 0.05) is 11.3 Å². The molecule has 5 nitrogen and oxygen atoms in total. The zero-order valence-electron chi connectivity index (χ0n) is 17.2. The number of amides is 1. The molecule has 3 aromatic carbocycles. The van der Waals surface area contributed by atoms with Gasteiger partial charge in [-0.2, -0.15) is 0 Å². The van der Waals surface area contributed by atoms with Crippen molar-refractivity contribution in [1.82, 2.24) is 0 Å². The van der Waals surface area contributed by atoms with Crippen LogP contribution in [0.1, 0.15) is 29.3 Å². The molecule has 0 aliphatic heterocycles. The smallest absolute Gasteiger partial charge is 0.255 e. The van der Waals surface area contributed by atoms with Crippen LogP contribution in [0.4, 0.5) is 5.69 Å². The maximum atomic E-state index is 12.7. The Morgan fingerprint density at radius 3 is 2.23 bits per heavy atom. The lowest BCUT2D eigenvalue weighted by Crippen LogP contribution is -2.12. The molecule has 0 spiro atoms. The van der Waals surface area contributed by atoms with Crippen LogP contribution < -0.4 is 19.5 Å². The summed E-state index contributed by atoms with van der Waals surface area (Å²) in [6, 6.07) is 18.1. The number of nitrogens with one attached hydrogen (secondary N) is 1. The highest BCUT2D eigenvalue weighted by molar-refractivity contribution is 6.32. The van der Waals surface area contributed by atoms with Crippen molar-refractivity contribution in [3.05, 3.63) is 76.8 Å². The Morgan fingerprint density at radius 2 is 1.63 bits per heavy atom. The van der Waals surface area contributed by atoms with E-state index in [-0.39, 0.29) is 5.91 Å². The number of anilines is 1. The topological polar surface area (TPSA) is 56.8 Å². The average Bonchev–Trinajstić information content (AvgIpc) is 2.75. The normalized spacial score (nSPS) is 10.4. The molecule has 0 bridgehead atoms. The van der Waals surface area contributed by atoms with Gasteiger partial charge in [-0.15, -0.1) is 0 Å². The molecular weight excluding hydrogens is 402 g/mol. The Morgan fingerprint density at radius 1 is 1.00 bits per heavy atom. The molecule has 156 valence electrons. The van der Waals surface area contributed by atoms with Gasteiger partial charge in [-0.1, -0.05) is 36.2 Å². The summed E-state index contributed by atoms with van der Waals surface area (Å²) in [5.41, 5.74) is 2.18. The van der Waals surface area contributed by atoms with Crippen molar-refractivity contribution in [1.29, 1.82) is 0 Å². The van der Waals surface area contributed by atoms with Gasteiger partial charge in [0.25, 0.3) is 5.91 Å². The Balaban J connectivity index is 1.69. The Hall–Kier alpha value is -3.18. The van der Waals surface area contributed by atoms with E-state index < -0.39 is 0 Å². The number of halogens is 1. The lowest BCUT2D eigenvalue weighted by Gasteiger charge is -2.14. The van der Waals surface area contributed by atoms with E-state index in [1.54, 1.807) is 36.4 Å². The standard InChI is InChI=1S/C24H24ClNO4/c1-4-13-29-23-21(25)14-17(15-22(23)28-3)24(27)26-18-7-11-20(12-8-18)30-19-9-5-16(2)6-10-19/h5-12,14-15H,4,13H2,1-3H3,(H,26,27). The highest BCUT2D eigenvalue weighted by Gasteiger charge is 2.16. The molecule has 0 saturated heterocycles. The highest BCUT2D eigenvalue weighted by Crippen LogP contribution is 2.36. The molecule has 0 aliphatic carbocycles. The lowest BCUT2D eigenvalue weighted by atomic mass is 10.1. The first-order valence-corrected chi connectivity index (χ1v) is 10.0. The predicted molar refractivity (Wildman–Crippen MR) is 119 cm³/mol. The van der Waals surface area contributed by atoms with E-state index in [0.29, 0.717) is 40.1 Å². The van der Waals surface area contributed by atoms with E-state index in [2.05, 4.69) is 5.32 Å². The van der Waals surface area contributed by atoms with Crippen molar-refractivity contribution in [2.24, 2.45) is 0 Å². The number of methoxy groups -OCH3 is 1. The van der Waals surface area contributed by atoms with E-state index in [9.17, 15) is 4.79 Å². The largest absolute Gasteiger partial charge is 0.493 e. The fraction of sp³-hybridized carbons (Fsp3) is 0.208. The third kappa shape index (κ3) is 5.45. The maximum Gasteiger partial charge on any atom is 0.255 e. The van der Waals surface area contributed by atoms with Gasteiger partial charge >= 0.3 is 0 Å². The maximum absolute atomic E-state index is 12.7. The van der Waals surface area contributed by atoms with Crippen molar-refractivity contribution < 1.29 is 19.0 Å². The predicted octanol–water partition coefficient (Wildman–Crippen LogP) is 6.49. The fourth-order valence-electron chi connectivity index (χ4n) is 2.75. The summed E-state index contributed by atoms with van der Waals surface area (Å²) < 4.78 is 16.8. The van der Waals surface area contributed by atoms with Gasteiger partial charge in [0.2, 0.25) is 0 Å². The zero-order valence-corrected chi connectivity index (χ0v) is 18.0.